The van der Waals surface area contributed by atoms with E-state index < -0.39 is 0 Å². The van der Waals surface area contributed by atoms with Gasteiger partial charge in [0.1, 0.15) is 6.17 Å². The molecule has 96 valence electrons. The highest BCUT2D eigenvalue weighted by Gasteiger charge is 2.23. The first-order chi connectivity index (χ1) is 9.16. The van der Waals surface area contributed by atoms with Gasteiger partial charge in [0.2, 0.25) is 0 Å². The Balaban J connectivity index is 2.03. The Morgan fingerprint density at radius 3 is 2.63 bits per heavy atom. The molecule has 0 spiro atoms. The van der Waals surface area contributed by atoms with Gasteiger partial charge in [0, 0.05) is 16.9 Å². The molecule has 1 aliphatic rings. The van der Waals surface area contributed by atoms with Crippen molar-refractivity contribution in [3.63, 3.8) is 0 Å². The topological polar surface area (TPSA) is 24.1 Å². The van der Waals surface area contributed by atoms with Crippen LogP contribution >= 0.6 is 11.6 Å². The average molecular weight is 271 g/mol. The Morgan fingerprint density at radius 2 is 1.84 bits per heavy atom. The molecule has 2 nitrogen and oxygen atoms in total. The smallest absolute Gasteiger partial charge is 0.123 e. The van der Waals surface area contributed by atoms with E-state index in [9.17, 15) is 0 Å². The van der Waals surface area contributed by atoms with Crippen LogP contribution in [0.4, 0.5) is 5.69 Å². The molecule has 0 aliphatic carbocycles. The minimum absolute atomic E-state index is 0.0275. The molecule has 0 saturated carbocycles. The molecule has 0 aromatic heterocycles. The first kappa shape index (κ1) is 12.1. The largest absolute Gasteiger partial charge is 0.362 e. The summed E-state index contributed by atoms with van der Waals surface area (Å²) in [5.74, 6) is 0. The van der Waals surface area contributed by atoms with Crippen LogP contribution in [0.5, 0.6) is 0 Å². The monoisotopic (exact) mass is 270 g/mol. The van der Waals surface area contributed by atoms with Gasteiger partial charge in [0.25, 0.3) is 0 Å². The van der Waals surface area contributed by atoms with Crippen LogP contribution in [0.1, 0.15) is 22.9 Å². The molecule has 1 heterocycles. The Labute approximate surface area is 118 Å². The summed E-state index contributed by atoms with van der Waals surface area (Å²) in [4.78, 5) is 0. The fourth-order valence-electron chi connectivity index (χ4n) is 2.46. The summed E-state index contributed by atoms with van der Waals surface area (Å²) in [5, 5.41) is 7.56. The second-order valence-corrected chi connectivity index (χ2v) is 5.13. The maximum absolute atomic E-state index is 6.22. The van der Waals surface area contributed by atoms with Crippen molar-refractivity contribution in [2.24, 2.45) is 0 Å². The second kappa shape index (κ2) is 4.63. The van der Waals surface area contributed by atoms with Crippen LogP contribution in [0.15, 0.2) is 49.0 Å². The number of fused-ring (bicyclic) bond motifs is 1. The molecule has 19 heavy (non-hydrogen) atoms. The molecule has 3 rings (SSSR count). The van der Waals surface area contributed by atoms with Crippen LogP contribution < -0.4 is 10.6 Å². The second-order valence-electron chi connectivity index (χ2n) is 4.72. The van der Waals surface area contributed by atoms with E-state index in [4.69, 9.17) is 11.6 Å². The third kappa shape index (κ3) is 2.08. The van der Waals surface area contributed by atoms with Crippen molar-refractivity contribution in [2.45, 2.75) is 13.1 Å². The summed E-state index contributed by atoms with van der Waals surface area (Å²) in [5.41, 5.74) is 5.28. The van der Waals surface area contributed by atoms with E-state index >= 15 is 0 Å². The van der Waals surface area contributed by atoms with Crippen molar-refractivity contribution in [3.8, 4) is 0 Å². The average Bonchev–Trinajstić information content (AvgIpc) is 2.39. The molecule has 0 bridgehead atoms. The quantitative estimate of drug-likeness (QED) is 0.806. The molecule has 2 aromatic carbocycles. The molecular weight excluding hydrogens is 256 g/mol. The van der Waals surface area contributed by atoms with Crippen molar-refractivity contribution in [1.82, 2.24) is 5.32 Å². The number of halogens is 1. The van der Waals surface area contributed by atoms with Gasteiger partial charge >= 0.3 is 0 Å². The third-order valence-electron chi connectivity index (χ3n) is 3.43. The van der Waals surface area contributed by atoms with Crippen LogP contribution in [0.25, 0.3) is 5.70 Å². The van der Waals surface area contributed by atoms with E-state index in [0.29, 0.717) is 5.02 Å². The zero-order chi connectivity index (χ0) is 13.4. The number of anilines is 1. The SMILES string of the molecule is C=C1NC(c2ccccc2C)Nc2cccc(Cl)c21. The molecule has 2 N–H and O–H groups in total. The number of nitrogens with one attached hydrogen (secondary N) is 2. The maximum atomic E-state index is 6.22. The van der Waals surface area contributed by atoms with Crippen LogP contribution in [0.2, 0.25) is 5.02 Å². The van der Waals surface area contributed by atoms with Crippen LogP contribution in [-0.2, 0) is 0 Å². The van der Waals surface area contributed by atoms with Crippen molar-refractivity contribution in [3.05, 3.63) is 70.8 Å². The number of rotatable bonds is 1. The van der Waals surface area contributed by atoms with Gasteiger partial charge in [0.05, 0.1) is 5.02 Å². The Morgan fingerprint density at radius 1 is 1.05 bits per heavy atom. The lowest BCUT2D eigenvalue weighted by Crippen LogP contribution is -2.32. The highest BCUT2D eigenvalue weighted by atomic mass is 35.5. The number of aryl methyl sites for hydroxylation is 1. The standard InChI is InChI=1S/C16H15ClN2/c1-10-6-3-4-7-12(10)16-18-11(2)15-13(17)8-5-9-14(15)19-16/h3-9,16,18-19H,2H2,1H3. The normalized spacial score (nSPS) is 17.4. The van der Waals surface area contributed by atoms with Crippen molar-refractivity contribution in [2.75, 3.05) is 5.32 Å². The minimum Gasteiger partial charge on any atom is -0.362 e. The van der Waals surface area contributed by atoms with Crippen molar-refractivity contribution < 1.29 is 0 Å². The van der Waals surface area contributed by atoms with Gasteiger partial charge in [0.15, 0.2) is 0 Å². The maximum Gasteiger partial charge on any atom is 0.123 e. The van der Waals surface area contributed by atoms with Crippen molar-refractivity contribution in [1.29, 1.82) is 0 Å². The Hall–Kier alpha value is -1.93. The summed E-state index contributed by atoms with van der Waals surface area (Å²) < 4.78 is 0. The van der Waals surface area contributed by atoms with Gasteiger partial charge in [-0.15, -0.1) is 0 Å². The lowest BCUT2D eigenvalue weighted by atomic mass is 10.0. The highest BCUT2D eigenvalue weighted by Crippen LogP contribution is 2.36. The number of hydrogen-bond acceptors (Lipinski definition) is 2. The lowest BCUT2D eigenvalue weighted by molar-refractivity contribution is 0.699. The minimum atomic E-state index is 0.0275. The fraction of sp³-hybridized carbons (Fsp3) is 0.125. The zero-order valence-electron chi connectivity index (χ0n) is 10.7. The first-order valence-electron chi connectivity index (χ1n) is 6.23. The predicted octanol–water partition coefficient (Wildman–Crippen LogP) is 4.33. The van der Waals surface area contributed by atoms with E-state index in [0.717, 1.165) is 16.9 Å². The Kier molecular flexibility index (Phi) is 2.96. The molecule has 1 unspecified atom stereocenters. The molecule has 3 heteroatoms. The van der Waals surface area contributed by atoms with Crippen LogP contribution in [-0.4, -0.2) is 0 Å². The van der Waals surface area contributed by atoms with E-state index in [-0.39, 0.29) is 6.17 Å². The van der Waals surface area contributed by atoms with Gasteiger partial charge in [-0.3, -0.25) is 0 Å². The van der Waals surface area contributed by atoms with E-state index in [1.807, 2.05) is 30.3 Å². The third-order valence-corrected chi connectivity index (χ3v) is 3.75. The number of hydrogen-bond donors (Lipinski definition) is 2. The first-order valence-corrected chi connectivity index (χ1v) is 6.61. The summed E-state index contributed by atoms with van der Waals surface area (Å²) >= 11 is 6.22. The predicted molar refractivity (Wildman–Crippen MR) is 81.2 cm³/mol. The van der Waals surface area contributed by atoms with Gasteiger partial charge in [-0.2, -0.15) is 0 Å². The molecule has 0 saturated heterocycles. The molecular formula is C16H15ClN2. The molecule has 2 aromatic rings. The van der Waals surface area contributed by atoms with E-state index in [1.54, 1.807) is 0 Å². The zero-order valence-corrected chi connectivity index (χ0v) is 11.5. The van der Waals surface area contributed by atoms with E-state index in [2.05, 4.69) is 36.3 Å². The van der Waals surface area contributed by atoms with Crippen molar-refractivity contribution >= 4 is 23.0 Å². The lowest BCUT2D eigenvalue weighted by Gasteiger charge is -2.32. The van der Waals surface area contributed by atoms with Gasteiger partial charge in [-0.05, 0) is 30.2 Å². The summed E-state index contributed by atoms with van der Waals surface area (Å²) in [6.45, 7) is 6.19. The summed E-state index contributed by atoms with van der Waals surface area (Å²) in [6.07, 6.45) is 0.0275. The van der Waals surface area contributed by atoms with Gasteiger partial charge in [-0.1, -0.05) is 48.5 Å². The summed E-state index contributed by atoms with van der Waals surface area (Å²) in [7, 11) is 0. The van der Waals surface area contributed by atoms with Crippen LogP contribution in [0, 0.1) is 6.92 Å². The highest BCUT2D eigenvalue weighted by molar-refractivity contribution is 6.33. The molecule has 0 amide bonds. The number of benzene rings is 2. The van der Waals surface area contributed by atoms with Crippen LogP contribution in [0.3, 0.4) is 0 Å². The Bertz CT molecular complexity index is 649. The van der Waals surface area contributed by atoms with Gasteiger partial charge < -0.3 is 10.6 Å². The molecule has 1 aliphatic heterocycles. The van der Waals surface area contributed by atoms with E-state index in [1.165, 1.54) is 11.1 Å². The van der Waals surface area contributed by atoms with Gasteiger partial charge in [-0.25, -0.2) is 0 Å². The molecule has 1 atom stereocenters. The fourth-order valence-corrected chi connectivity index (χ4v) is 2.74. The molecule has 0 fully saturated rings. The summed E-state index contributed by atoms with van der Waals surface area (Å²) in [6, 6.07) is 14.2. The molecule has 0 radical (unpaired) electrons.